The van der Waals surface area contributed by atoms with Crippen molar-refractivity contribution in [3.8, 4) is 0 Å². The van der Waals surface area contributed by atoms with Gasteiger partial charge in [0.15, 0.2) is 5.60 Å². The zero-order valence-electron chi connectivity index (χ0n) is 13.4. The van der Waals surface area contributed by atoms with Crippen molar-refractivity contribution in [1.82, 2.24) is 0 Å². The summed E-state index contributed by atoms with van der Waals surface area (Å²) in [5, 5.41) is 9.79. The molecule has 0 heterocycles. The number of hydrogen-bond acceptors (Lipinski definition) is 1. The Morgan fingerprint density at radius 2 is 1.57 bits per heavy atom. The first-order chi connectivity index (χ1) is 9.45. The van der Waals surface area contributed by atoms with Gasteiger partial charge in [-0.25, -0.2) is 0 Å². The molecule has 0 aromatic carbocycles. The fourth-order valence-corrected chi connectivity index (χ4v) is 4.30. The lowest BCUT2D eigenvalue weighted by molar-refractivity contribution is -0.259. The minimum atomic E-state index is -4.56. The second-order valence-corrected chi connectivity index (χ2v) is 7.34. The topological polar surface area (TPSA) is 20.2 Å². The van der Waals surface area contributed by atoms with Crippen LogP contribution >= 0.6 is 0 Å². The highest BCUT2D eigenvalue weighted by molar-refractivity contribution is 5.47. The van der Waals surface area contributed by atoms with E-state index in [9.17, 15) is 18.3 Å². The van der Waals surface area contributed by atoms with Gasteiger partial charge in [-0.2, -0.15) is 13.2 Å². The summed E-state index contributed by atoms with van der Waals surface area (Å²) < 4.78 is 38.8. The molecule has 1 N–H and O–H groups in total. The van der Waals surface area contributed by atoms with E-state index in [1.165, 1.54) is 22.3 Å². The molecule has 0 spiro atoms. The van der Waals surface area contributed by atoms with E-state index in [2.05, 4.69) is 13.8 Å². The van der Waals surface area contributed by atoms with Crippen LogP contribution in [0.25, 0.3) is 0 Å². The third-order valence-corrected chi connectivity index (χ3v) is 5.11. The molecule has 4 heteroatoms. The monoisotopic (exact) mass is 302 g/mol. The average Bonchev–Trinajstić information content (AvgIpc) is 2.82. The maximum absolute atomic E-state index is 12.9. The lowest BCUT2D eigenvalue weighted by Crippen LogP contribution is -2.44. The Bertz CT molecular complexity index is 489. The Morgan fingerprint density at radius 3 is 2.00 bits per heavy atom. The zero-order chi connectivity index (χ0) is 16.2. The average molecular weight is 302 g/mol. The predicted octanol–water partition coefficient (Wildman–Crippen LogP) is 5.02. The zero-order valence-corrected chi connectivity index (χ0v) is 13.4. The maximum atomic E-state index is 12.9. The maximum Gasteiger partial charge on any atom is 0.416 e. The minimum Gasteiger partial charge on any atom is -0.381 e. The number of fused-ring (bicyclic) bond motifs is 2. The van der Waals surface area contributed by atoms with Crippen LogP contribution in [0.4, 0.5) is 13.2 Å². The first-order valence-corrected chi connectivity index (χ1v) is 7.60. The molecule has 0 saturated heterocycles. The van der Waals surface area contributed by atoms with Crippen LogP contribution in [0.3, 0.4) is 0 Å². The van der Waals surface area contributed by atoms with Gasteiger partial charge >= 0.3 is 6.18 Å². The molecule has 2 aliphatic rings. The predicted molar refractivity (Wildman–Crippen MR) is 77.7 cm³/mol. The van der Waals surface area contributed by atoms with Crippen molar-refractivity contribution in [2.75, 3.05) is 0 Å². The molecular formula is C17H25F3O. The number of allylic oxidation sites excluding steroid dienone is 4. The van der Waals surface area contributed by atoms with E-state index in [4.69, 9.17) is 0 Å². The van der Waals surface area contributed by atoms with Crippen LogP contribution in [-0.4, -0.2) is 16.9 Å². The van der Waals surface area contributed by atoms with Crippen molar-refractivity contribution in [2.45, 2.75) is 65.7 Å². The highest BCUT2D eigenvalue weighted by Gasteiger charge is 2.55. The van der Waals surface area contributed by atoms with E-state index in [1.54, 1.807) is 0 Å². The van der Waals surface area contributed by atoms with Gasteiger partial charge in [-0.05, 0) is 82.8 Å². The van der Waals surface area contributed by atoms with Gasteiger partial charge in [-0.15, -0.1) is 0 Å². The van der Waals surface area contributed by atoms with Crippen LogP contribution in [0.1, 0.15) is 53.9 Å². The lowest BCUT2D eigenvalue weighted by atomic mass is 9.74. The molecule has 2 rings (SSSR count). The quantitative estimate of drug-likeness (QED) is 0.759. The molecule has 120 valence electrons. The summed E-state index contributed by atoms with van der Waals surface area (Å²) in [6.45, 7) is 9.15. The second kappa shape index (κ2) is 5.15. The van der Waals surface area contributed by atoms with E-state index in [0.29, 0.717) is 5.92 Å². The van der Waals surface area contributed by atoms with Crippen LogP contribution in [-0.2, 0) is 0 Å². The van der Waals surface area contributed by atoms with Gasteiger partial charge in [0.2, 0.25) is 0 Å². The Kier molecular flexibility index (Phi) is 4.07. The summed E-state index contributed by atoms with van der Waals surface area (Å²) in [7, 11) is 0. The van der Waals surface area contributed by atoms with E-state index < -0.39 is 11.8 Å². The molecule has 2 aliphatic carbocycles. The van der Waals surface area contributed by atoms with Crippen molar-refractivity contribution >= 4 is 0 Å². The number of alkyl halides is 3. The summed E-state index contributed by atoms with van der Waals surface area (Å²) in [6, 6.07) is 0. The first-order valence-electron chi connectivity index (χ1n) is 7.60. The molecule has 0 aromatic heterocycles. The fraction of sp³-hybridized carbons (Fsp3) is 0.765. The van der Waals surface area contributed by atoms with Crippen molar-refractivity contribution in [3.05, 3.63) is 22.3 Å². The lowest BCUT2D eigenvalue weighted by Gasteiger charge is -2.35. The SMILES string of the molecule is CC(C)=C1C(=C(C)C)C2CC1CC2CC(C)(O)C(F)(F)F. The fourth-order valence-electron chi connectivity index (χ4n) is 4.30. The Hall–Kier alpha value is -0.770. The molecule has 2 fully saturated rings. The molecule has 2 bridgehead atoms. The molecule has 4 unspecified atom stereocenters. The number of rotatable bonds is 2. The molecule has 2 saturated carbocycles. The van der Waals surface area contributed by atoms with Gasteiger partial charge in [-0.3, -0.25) is 0 Å². The van der Waals surface area contributed by atoms with Gasteiger partial charge in [0.05, 0.1) is 0 Å². The number of halogens is 3. The summed E-state index contributed by atoms with van der Waals surface area (Å²) in [6.07, 6.45) is -3.03. The van der Waals surface area contributed by atoms with Crippen LogP contribution < -0.4 is 0 Å². The summed E-state index contributed by atoms with van der Waals surface area (Å²) in [5.41, 5.74) is 2.52. The third-order valence-electron chi connectivity index (χ3n) is 5.11. The standard InChI is InChI=1S/C17H25F3O/c1-9(2)14-11-6-12(8-16(5,21)17(18,19)20)13(7-11)15(14)10(3)4/h11-13,21H,6-8H2,1-5H3. The molecule has 0 aliphatic heterocycles. The number of aliphatic hydroxyl groups is 1. The molecular weight excluding hydrogens is 277 g/mol. The van der Waals surface area contributed by atoms with E-state index >= 15 is 0 Å². The van der Waals surface area contributed by atoms with Gasteiger partial charge in [0.25, 0.3) is 0 Å². The normalized spacial score (nSPS) is 31.6. The molecule has 0 aromatic rings. The Labute approximate surface area is 124 Å². The highest BCUT2D eigenvalue weighted by atomic mass is 19.4. The third kappa shape index (κ3) is 2.79. The largest absolute Gasteiger partial charge is 0.416 e. The van der Waals surface area contributed by atoms with Crippen molar-refractivity contribution in [3.63, 3.8) is 0 Å². The molecule has 4 atom stereocenters. The van der Waals surface area contributed by atoms with E-state index in [-0.39, 0.29) is 18.3 Å². The van der Waals surface area contributed by atoms with E-state index in [1.807, 2.05) is 13.8 Å². The number of hydrogen-bond donors (Lipinski definition) is 1. The molecule has 21 heavy (non-hydrogen) atoms. The Balaban J connectivity index is 2.27. The van der Waals surface area contributed by atoms with Crippen molar-refractivity contribution in [2.24, 2.45) is 17.8 Å². The van der Waals surface area contributed by atoms with Crippen molar-refractivity contribution in [1.29, 1.82) is 0 Å². The second-order valence-electron chi connectivity index (χ2n) is 7.34. The van der Waals surface area contributed by atoms with Gasteiger partial charge < -0.3 is 5.11 Å². The van der Waals surface area contributed by atoms with Gasteiger partial charge in [0.1, 0.15) is 0 Å². The van der Waals surface area contributed by atoms with Crippen LogP contribution in [0.5, 0.6) is 0 Å². The van der Waals surface area contributed by atoms with E-state index in [0.717, 1.165) is 19.8 Å². The smallest absolute Gasteiger partial charge is 0.381 e. The molecule has 0 amide bonds. The summed E-state index contributed by atoms with van der Waals surface area (Å²) in [4.78, 5) is 0. The van der Waals surface area contributed by atoms with Gasteiger partial charge in [0, 0.05) is 0 Å². The van der Waals surface area contributed by atoms with Gasteiger partial charge in [-0.1, -0.05) is 11.1 Å². The van der Waals surface area contributed by atoms with Crippen LogP contribution in [0.2, 0.25) is 0 Å². The molecule has 0 radical (unpaired) electrons. The highest BCUT2D eigenvalue weighted by Crippen LogP contribution is 2.58. The minimum absolute atomic E-state index is 0.0698. The van der Waals surface area contributed by atoms with Crippen LogP contribution in [0, 0.1) is 17.8 Å². The first kappa shape index (κ1) is 16.6. The summed E-state index contributed by atoms with van der Waals surface area (Å²) >= 11 is 0. The van der Waals surface area contributed by atoms with Crippen LogP contribution in [0.15, 0.2) is 22.3 Å². The van der Waals surface area contributed by atoms with Crippen molar-refractivity contribution < 1.29 is 18.3 Å². The summed E-state index contributed by atoms with van der Waals surface area (Å²) in [5.74, 6) is 0.484. The molecule has 1 nitrogen and oxygen atoms in total. The Morgan fingerprint density at radius 1 is 1.05 bits per heavy atom.